The zero-order valence-electron chi connectivity index (χ0n) is 10.3. The number of ether oxygens (including phenoxy) is 1. The van der Waals surface area contributed by atoms with E-state index in [1.54, 1.807) is 7.11 Å². The molecule has 1 unspecified atom stereocenters. The number of anilines is 1. The van der Waals surface area contributed by atoms with Crippen LogP contribution in [0.3, 0.4) is 0 Å². The number of hydrogen-bond acceptors (Lipinski definition) is 3. The van der Waals surface area contributed by atoms with Crippen LogP contribution in [0, 0.1) is 5.41 Å². The third-order valence-electron chi connectivity index (χ3n) is 3.25. The van der Waals surface area contributed by atoms with Crippen LogP contribution in [0.5, 0.6) is 0 Å². The standard InChI is InChI=1S/C13H17BrN2O2/c1-18-9-13(6-7-15-8-13)12(17)16-11-4-2-10(14)3-5-11/h2-5,15H,6-9H2,1H3,(H,16,17). The summed E-state index contributed by atoms with van der Waals surface area (Å²) in [5, 5.41) is 6.18. The van der Waals surface area contributed by atoms with Gasteiger partial charge in [-0.3, -0.25) is 4.79 Å². The maximum absolute atomic E-state index is 12.4. The predicted molar refractivity (Wildman–Crippen MR) is 74.6 cm³/mol. The Labute approximate surface area is 115 Å². The first-order valence-electron chi connectivity index (χ1n) is 5.93. The summed E-state index contributed by atoms with van der Waals surface area (Å²) in [6, 6.07) is 7.58. The second kappa shape index (κ2) is 5.82. The molecule has 0 bridgehead atoms. The van der Waals surface area contributed by atoms with Gasteiger partial charge in [-0.15, -0.1) is 0 Å². The monoisotopic (exact) mass is 312 g/mol. The van der Waals surface area contributed by atoms with Crippen LogP contribution in [-0.2, 0) is 9.53 Å². The lowest BCUT2D eigenvalue weighted by molar-refractivity contribution is -0.127. The van der Waals surface area contributed by atoms with E-state index in [4.69, 9.17) is 4.74 Å². The average molecular weight is 313 g/mol. The zero-order valence-corrected chi connectivity index (χ0v) is 11.9. The summed E-state index contributed by atoms with van der Waals surface area (Å²) in [5.41, 5.74) is 0.368. The SMILES string of the molecule is COCC1(C(=O)Nc2ccc(Br)cc2)CCNC1. The molecule has 0 aliphatic carbocycles. The van der Waals surface area contributed by atoms with E-state index in [1.807, 2.05) is 24.3 Å². The molecule has 4 nitrogen and oxygen atoms in total. The molecule has 18 heavy (non-hydrogen) atoms. The van der Waals surface area contributed by atoms with Crippen molar-refractivity contribution in [3.8, 4) is 0 Å². The Hall–Kier alpha value is -0.910. The minimum atomic E-state index is -0.443. The summed E-state index contributed by atoms with van der Waals surface area (Å²) in [7, 11) is 1.63. The van der Waals surface area contributed by atoms with Crippen LogP contribution < -0.4 is 10.6 Å². The summed E-state index contributed by atoms with van der Waals surface area (Å²) in [6.07, 6.45) is 0.809. The van der Waals surface area contributed by atoms with Crippen molar-refractivity contribution in [2.45, 2.75) is 6.42 Å². The zero-order chi connectivity index (χ0) is 13.0. The van der Waals surface area contributed by atoms with Crippen molar-refractivity contribution in [1.29, 1.82) is 0 Å². The highest BCUT2D eigenvalue weighted by Crippen LogP contribution is 2.28. The van der Waals surface area contributed by atoms with E-state index in [1.165, 1.54) is 0 Å². The molecule has 1 fully saturated rings. The largest absolute Gasteiger partial charge is 0.384 e. The number of carbonyl (C=O) groups excluding carboxylic acids is 1. The molecule has 1 amide bonds. The lowest BCUT2D eigenvalue weighted by Gasteiger charge is -2.25. The molecule has 0 aromatic heterocycles. The summed E-state index contributed by atoms with van der Waals surface area (Å²) in [6.45, 7) is 1.97. The van der Waals surface area contributed by atoms with Gasteiger partial charge >= 0.3 is 0 Å². The minimum absolute atomic E-state index is 0.0247. The first-order chi connectivity index (χ1) is 8.66. The van der Waals surface area contributed by atoms with Gasteiger partial charge in [0.2, 0.25) is 5.91 Å². The molecule has 0 saturated carbocycles. The van der Waals surface area contributed by atoms with E-state index in [-0.39, 0.29) is 5.91 Å². The van der Waals surface area contributed by atoms with Gasteiger partial charge in [0.25, 0.3) is 0 Å². The van der Waals surface area contributed by atoms with E-state index in [9.17, 15) is 4.79 Å². The van der Waals surface area contributed by atoms with Crippen LogP contribution in [0.15, 0.2) is 28.7 Å². The van der Waals surface area contributed by atoms with Crippen molar-refractivity contribution >= 4 is 27.5 Å². The van der Waals surface area contributed by atoms with Crippen molar-refractivity contribution in [2.75, 3.05) is 32.1 Å². The van der Waals surface area contributed by atoms with Gasteiger partial charge in [-0.1, -0.05) is 15.9 Å². The fourth-order valence-electron chi connectivity index (χ4n) is 2.20. The molecule has 1 aliphatic rings. The molecule has 2 N–H and O–H groups in total. The number of nitrogens with one attached hydrogen (secondary N) is 2. The van der Waals surface area contributed by atoms with Gasteiger partial charge < -0.3 is 15.4 Å². The number of hydrogen-bond donors (Lipinski definition) is 2. The Morgan fingerprint density at radius 1 is 1.50 bits per heavy atom. The summed E-state index contributed by atoms with van der Waals surface area (Å²) < 4.78 is 6.19. The van der Waals surface area contributed by atoms with Gasteiger partial charge in [0.1, 0.15) is 0 Å². The van der Waals surface area contributed by atoms with E-state index in [2.05, 4.69) is 26.6 Å². The molecule has 1 heterocycles. The fraction of sp³-hybridized carbons (Fsp3) is 0.462. The Balaban J connectivity index is 2.07. The van der Waals surface area contributed by atoms with E-state index in [0.29, 0.717) is 13.2 Å². The Morgan fingerprint density at radius 2 is 2.22 bits per heavy atom. The smallest absolute Gasteiger partial charge is 0.234 e. The highest BCUT2D eigenvalue weighted by atomic mass is 79.9. The normalized spacial score (nSPS) is 23.0. The van der Waals surface area contributed by atoms with Gasteiger partial charge in [0, 0.05) is 23.8 Å². The molecular weight excluding hydrogens is 296 g/mol. The van der Waals surface area contributed by atoms with Gasteiger partial charge in [0.15, 0.2) is 0 Å². The summed E-state index contributed by atoms with van der Waals surface area (Å²) in [5.74, 6) is 0.0247. The lowest BCUT2D eigenvalue weighted by atomic mass is 9.87. The summed E-state index contributed by atoms with van der Waals surface area (Å²) >= 11 is 3.37. The van der Waals surface area contributed by atoms with Gasteiger partial charge in [-0.2, -0.15) is 0 Å². The number of halogens is 1. The number of benzene rings is 1. The van der Waals surface area contributed by atoms with Crippen LogP contribution in [-0.4, -0.2) is 32.7 Å². The van der Waals surface area contributed by atoms with Gasteiger partial charge in [0.05, 0.1) is 12.0 Å². The molecule has 1 aromatic rings. The average Bonchev–Trinajstić information content (AvgIpc) is 2.82. The first-order valence-corrected chi connectivity index (χ1v) is 6.72. The van der Waals surface area contributed by atoms with Gasteiger partial charge in [-0.05, 0) is 37.2 Å². The molecule has 98 valence electrons. The minimum Gasteiger partial charge on any atom is -0.384 e. The Morgan fingerprint density at radius 3 is 2.78 bits per heavy atom. The molecule has 1 atom stereocenters. The van der Waals surface area contributed by atoms with Crippen molar-refractivity contribution in [3.63, 3.8) is 0 Å². The van der Waals surface area contributed by atoms with Crippen molar-refractivity contribution < 1.29 is 9.53 Å². The molecule has 1 saturated heterocycles. The number of methoxy groups -OCH3 is 1. The Bertz CT molecular complexity index is 414. The molecule has 2 rings (SSSR count). The number of rotatable bonds is 4. The van der Waals surface area contributed by atoms with Gasteiger partial charge in [-0.25, -0.2) is 0 Å². The number of amides is 1. The van der Waals surface area contributed by atoms with Crippen LogP contribution in [0.2, 0.25) is 0 Å². The lowest BCUT2D eigenvalue weighted by Crippen LogP contribution is -2.41. The van der Waals surface area contributed by atoms with E-state index >= 15 is 0 Å². The topological polar surface area (TPSA) is 50.4 Å². The van der Waals surface area contributed by atoms with Crippen LogP contribution in [0.1, 0.15) is 6.42 Å². The van der Waals surface area contributed by atoms with Crippen molar-refractivity contribution in [3.05, 3.63) is 28.7 Å². The van der Waals surface area contributed by atoms with E-state index < -0.39 is 5.41 Å². The van der Waals surface area contributed by atoms with Crippen molar-refractivity contribution in [2.24, 2.45) is 5.41 Å². The third kappa shape index (κ3) is 2.91. The summed E-state index contributed by atoms with van der Waals surface area (Å²) in [4.78, 5) is 12.4. The second-order valence-electron chi connectivity index (χ2n) is 4.60. The molecule has 5 heteroatoms. The molecule has 0 radical (unpaired) electrons. The molecule has 1 aromatic carbocycles. The molecular formula is C13H17BrN2O2. The van der Waals surface area contributed by atoms with E-state index in [0.717, 1.165) is 23.1 Å². The highest BCUT2D eigenvalue weighted by Gasteiger charge is 2.41. The Kier molecular flexibility index (Phi) is 4.37. The van der Waals surface area contributed by atoms with Crippen molar-refractivity contribution in [1.82, 2.24) is 5.32 Å². The highest BCUT2D eigenvalue weighted by molar-refractivity contribution is 9.10. The second-order valence-corrected chi connectivity index (χ2v) is 5.52. The van der Waals surface area contributed by atoms with Crippen LogP contribution in [0.25, 0.3) is 0 Å². The quantitative estimate of drug-likeness (QED) is 0.894. The molecule has 0 spiro atoms. The maximum Gasteiger partial charge on any atom is 0.234 e. The third-order valence-corrected chi connectivity index (χ3v) is 3.78. The van der Waals surface area contributed by atoms with Crippen LogP contribution in [0.4, 0.5) is 5.69 Å². The maximum atomic E-state index is 12.4. The fourth-order valence-corrected chi connectivity index (χ4v) is 2.46. The molecule has 1 aliphatic heterocycles. The van der Waals surface area contributed by atoms with Crippen LogP contribution >= 0.6 is 15.9 Å². The predicted octanol–water partition coefficient (Wildman–Crippen LogP) is 2.01. The number of carbonyl (C=O) groups is 1. The first kappa shape index (κ1) is 13.5.